The number of aromatic hydroxyl groups is 1. The molecule has 7 heteroatoms. The van der Waals surface area contributed by atoms with E-state index in [4.69, 9.17) is 0 Å². The number of carbonyl (C=O) groups excluding carboxylic acids is 2. The molecule has 0 saturated carbocycles. The van der Waals surface area contributed by atoms with E-state index >= 15 is 0 Å². The minimum absolute atomic E-state index is 0.0503. The second kappa shape index (κ2) is 7.87. The van der Waals surface area contributed by atoms with Crippen molar-refractivity contribution in [2.45, 2.75) is 46.6 Å². The van der Waals surface area contributed by atoms with Gasteiger partial charge in [-0.25, -0.2) is 4.68 Å². The fourth-order valence-electron chi connectivity index (χ4n) is 4.90. The number of hydrogen-bond acceptors (Lipinski definition) is 5. The van der Waals surface area contributed by atoms with Gasteiger partial charge in [-0.2, -0.15) is 5.10 Å². The van der Waals surface area contributed by atoms with E-state index in [-0.39, 0.29) is 22.9 Å². The zero-order valence-electron chi connectivity index (χ0n) is 19.8. The minimum atomic E-state index is -0.523. The molecule has 0 radical (unpaired) electrons. The molecule has 34 heavy (non-hydrogen) atoms. The van der Waals surface area contributed by atoms with Crippen LogP contribution in [-0.2, 0) is 4.79 Å². The van der Waals surface area contributed by atoms with Gasteiger partial charge in [0.2, 0.25) is 0 Å². The summed E-state index contributed by atoms with van der Waals surface area (Å²) in [6.45, 7) is 8.17. The first-order valence-corrected chi connectivity index (χ1v) is 11.4. The maximum Gasteiger partial charge on any atom is 0.261 e. The van der Waals surface area contributed by atoms with E-state index in [0.717, 1.165) is 22.4 Å². The Hall–Kier alpha value is -3.87. The lowest BCUT2D eigenvalue weighted by molar-refractivity contribution is -0.118. The number of phenols is 1. The summed E-state index contributed by atoms with van der Waals surface area (Å²) in [6.07, 6.45) is 2.63. The Kier molecular flexibility index (Phi) is 5.08. The second-order valence-electron chi connectivity index (χ2n) is 10.1. The molecule has 0 spiro atoms. The van der Waals surface area contributed by atoms with Crippen molar-refractivity contribution in [1.82, 2.24) is 9.78 Å². The van der Waals surface area contributed by atoms with E-state index in [2.05, 4.69) is 29.6 Å². The number of carbonyl (C=O) groups is 2. The Balaban J connectivity index is 1.59. The summed E-state index contributed by atoms with van der Waals surface area (Å²) < 4.78 is 1.68. The average Bonchev–Trinajstić information content (AvgIpc) is 3.17. The van der Waals surface area contributed by atoms with Crippen LogP contribution in [0.1, 0.15) is 59.8 Å². The highest BCUT2D eigenvalue weighted by molar-refractivity contribution is 6.08. The van der Waals surface area contributed by atoms with Gasteiger partial charge >= 0.3 is 0 Å². The number of benzene rings is 2. The lowest BCUT2D eigenvalue weighted by Crippen LogP contribution is -2.36. The number of ketones is 1. The van der Waals surface area contributed by atoms with Gasteiger partial charge in [0.25, 0.3) is 5.91 Å². The molecule has 1 atom stereocenters. The van der Waals surface area contributed by atoms with Crippen molar-refractivity contribution in [3.8, 4) is 5.75 Å². The van der Waals surface area contributed by atoms with Gasteiger partial charge < -0.3 is 15.7 Å². The van der Waals surface area contributed by atoms with Crippen molar-refractivity contribution < 1.29 is 14.7 Å². The molecule has 7 nitrogen and oxygen atoms in total. The molecule has 3 aromatic rings. The molecule has 0 fully saturated rings. The third-order valence-corrected chi connectivity index (χ3v) is 6.70. The molecule has 1 aromatic heterocycles. The van der Waals surface area contributed by atoms with Crippen molar-refractivity contribution in [2.24, 2.45) is 5.41 Å². The molecular weight excluding hydrogens is 428 g/mol. The van der Waals surface area contributed by atoms with E-state index in [1.54, 1.807) is 22.9 Å². The predicted molar refractivity (Wildman–Crippen MR) is 131 cm³/mol. The van der Waals surface area contributed by atoms with Crippen LogP contribution in [0.4, 0.5) is 11.5 Å². The third-order valence-electron chi connectivity index (χ3n) is 6.70. The zero-order valence-corrected chi connectivity index (χ0v) is 19.8. The summed E-state index contributed by atoms with van der Waals surface area (Å²) >= 11 is 0. The Morgan fingerprint density at radius 1 is 1.15 bits per heavy atom. The van der Waals surface area contributed by atoms with Crippen molar-refractivity contribution >= 4 is 23.2 Å². The van der Waals surface area contributed by atoms with Gasteiger partial charge in [-0.15, -0.1) is 0 Å². The quantitative estimate of drug-likeness (QED) is 0.509. The summed E-state index contributed by atoms with van der Waals surface area (Å²) in [5, 5.41) is 21.0. The zero-order chi connectivity index (χ0) is 24.2. The maximum atomic E-state index is 13.3. The van der Waals surface area contributed by atoms with Gasteiger partial charge in [0.15, 0.2) is 5.78 Å². The fourth-order valence-corrected chi connectivity index (χ4v) is 4.90. The molecule has 1 aliphatic heterocycles. The summed E-state index contributed by atoms with van der Waals surface area (Å²) in [7, 11) is 0. The molecular formula is C27H28N4O3. The first-order valence-electron chi connectivity index (χ1n) is 11.4. The van der Waals surface area contributed by atoms with Crippen LogP contribution >= 0.6 is 0 Å². The normalized spacial score (nSPS) is 18.7. The highest BCUT2D eigenvalue weighted by Gasteiger charge is 2.42. The lowest BCUT2D eigenvalue weighted by atomic mass is 9.73. The second-order valence-corrected chi connectivity index (χ2v) is 10.1. The molecule has 0 unspecified atom stereocenters. The van der Waals surface area contributed by atoms with Gasteiger partial charge in [-0.05, 0) is 66.6 Å². The number of rotatable bonds is 3. The van der Waals surface area contributed by atoms with Crippen molar-refractivity contribution in [3.63, 3.8) is 0 Å². The number of Topliss-reactive ketones (excluding diaryl/α,β-unsaturated/α-hetero) is 1. The Labute approximate surface area is 198 Å². The average molecular weight is 457 g/mol. The lowest BCUT2D eigenvalue weighted by Gasteiger charge is -2.39. The summed E-state index contributed by atoms with van der Waals surface area (Å²) in [6, 6.07) is 12.1. The molecule has 1 aliphatic carbocycles. The molecule has 2 heterocycles. The smallest absolute Gasteiger partial charge is 0.261 e. The molecule has 5 rings (SSSR count). The number of anilines is 2. The number of amides is 1. The number of aromatic nitrogens is 2. The van der Waals surface area contributed by atoms with E-state index in [0.29, 0.717) is 35.5 Å². The largest absolute Gasteiger partial charge is 0.508 e. The Morgan fingerprint density at radius 3 is 2.68 bits per heavy atom. The van der Waals surface area contributed by atoms with Crippen LogP contribution in [0.2, 0.25) is 0 Å². The van der Waals surface area contributed by atoms with Crippen LogP contribution in [0.5, 0.6) is 5.75 Å². The van der Waals surface area contributed by atoms with Crippen molar-refractivity contribution in [1.29, 1.82) is 0 Å². The van der Waals surface area contributed by atoms with Gasteiger partial charge in [0.1, 0.15) is 23.2 Å². The molecule has 0 bridgehead atoms. The van der Waals surface area contributed by atoms with Crippen LogP contribution in [0.15, 0.2) is 59.9 Å². The number of phenolic OH excluding ortho intramolecular Hbond substituents is 1. The molecule has 3 N–H and O–H groups in total. The standard InChI is InChI=1S/C27H28N4O3/c1-15-8-9-18(10-16(15)2)29-26(34)20-14-28-31-24(17-6-5-7-19(32)11-17)23-21(30-25(20)31)12-27(3,4)13-22(23)33/h5-11,14,24,30,32H,12-13H2,1-4H3,(H,29,34)/t24-/m1/s1. The topological polar surface area (TPSA) is 96.3 Å². The SMILES string of the molecule is Cc1ccc(NC(=O)c2cnn3c2NC2=C(C(=O)CC(C)(C)C2)[C@H]3c2cccc(O)c2)cc1C. The fraction of sp³-hybridized carbons (Fsp3) is 0.296. The summed E-state index contributed by atoms with van der Waals surface area (Å²) in [5.74, 6) is 0.425. The predicted octanol–water partition coefficient (Wildman–Crippen LogP) is 5.12. The number of aryl methyl sites for hydroxylation is 2. The number of nitrogens with zero attached hydrogens (tertiary/aromatic N) is 2. The van der Waals surface area contributed by atoms with Gasteiger partial charge in [0.05, 0.1) is 6.20 Å². The van der Waals surface area contributed by atoms with E-state index in [1.165, 1.54) is 6.20 Å². The molecule has 2 aliphatic rings. The Bertz CT molecular complexity index is 1370. The van der Waals surface area contributed by atoms with E-state index in [9.17, 15) is 14.7 Å². The number of fused-ring (bicyclic) bond motifs is 1. The Morgan fingerprint density at radius 2 is 1.94 bits per heavy atom. The monoisotopic (exact) mass is 456 g/mol. The van der Waals surface area contributed by atoms with Gasteiger partial charge in [0, 0.05) is 23.4 Å². The number of allylic oxidation sites excluding steroid dienone is 2. The highest BCUT2D eigenvalue weighted by atomic mass is 16.3. The maximum absolute atomic E-state index is 13.3. The van der Waals surface area contributed by atoms with Crippen LogP contribution in [-0.4, -0.2) is 26.6 Å². The van der Waals surface area contributed by atoms with Crippen LogP contribution in [0.25, 0.3) is 0 Å². The molecule has 174 valence electrons. The molecule has 0 saturated heterocycles. The number of nitrogens with one attached hydrogen (secondary N) is 2. The van der Waals surface area contributed by atoms with Gasteiger partial charge in [-0.1, -0.05) is 32.0 Å². The first kappa shape index (κ1) is 21.9. The number of hydrogen-bond donors (Lipinski definition) is 3. The minimum Gasteiger partial charge on any atom is -0.508 e. The van der Waals surface area contributed by atoms with Crippen LogP contribution in [0.3, 0.4) is 0 Å². The van der Waals surface area contributed by atoms with Crippen molar-refractivity contribution in [2.75, 3.05) is 10.6 Å². The van der Waals surface area contributed by atoms with E-state index < -0.39 is 6.04 Å². The summed E-state index contributed by atoms with van der Waals surface area (Å²) in [5.41, 5.74) is 5.34. The molecule has 1 amide bonds. The first-order chi connectivity index (χ1) is 16.1. The third kappa shape index (κ3) is 3.77. The van der Waals surface area contributed by atoms with Crippen molar-refractivity contribution in [3.05, 3.63) is 82.2 Å². The summed E-state index contributed by atoms with van der Waals surface area (Å²) in [4.78, 5) is 26.5. The van der Waals surface area contributed by atoms with E-state index in [1.807, 2.05) is 38.1 Å². The van der Waals surface area contributed by atoms with Gasteiger partial charge in [-0.3, -0.25) is 9.59 Å². The van der Waals surface area contributed by atoms with Crippen LogP contribution in [0, 0.1) is 19.3 Å². The van der Waals surface area contributed by atoms with Crippen LogP contribution < -0.4 is 10.6 Å². The highest BCUT2D eigenvalue weighted by Crippen LogP contribution is 2.46. The molecule has 2 aromatic carbocycles.